The first-order valence-electron chi connectivity index (χ1n) is 9.74. The number of nitrogens with zero attached hydrogens (tertiary/aromatic N) is 2. The molecule has 7 nitrogen and oxygen atoms in total. The summed E-state index contributed by atoms with van der Waals surface area (Å²) in [5, 5.41) is 0. The standard InChI is InChI=1S/C20H25F2N3O4/c1-20(2,3)29-18(26)16-12-8-24(9-13(12)16)17-14(21)4-10(5-15(17)22)25-7-11(6-23)28-19(25)27/h4-5,11-13,16H,6-9,23H2,1-3H3/t11-,12-,13+,16?/m0/s1. The number of ether oxygens (including phenoxy) is 2. The van der Waals surface area contributed by atoms with E-state index >= 15 is 0 Å². The van der Waals surface area contributed by atoms with E-state index in [9.17, 15) is 18.4 Å². The minimum Gasteiger partial charge on any atom is -0.460 e. The van der Waals surface area contributed by atoms with Crippen molar-refractivity contribution in [1.29, 1.82) is 0 Å². The van der Waals surface area contributed by atoms with Crippen molar-refractivity contribution in [3.8, 4) is 0 Å². The maximum atomic E-state index is 14.8. The van der Waals surface area contributed by atoms with Crippen LogP contribution in [0.5, 0.6) is 0 Å². The van der Waals surface area contributed by atoms with Gasteiger partial charge in [0.05, 0.1) is 18.2 Å². The Bertz CT molecular complexity index is 822. The Morgan fingerprint density at radius 2 is 1.79 bits per heavy atom. The molecule has 2 saturated heterocycles. The van der Waals surface area contributed by atoms with Gasteiger partial charge in [-0.25, -0.2) is 13.6 Å². The fourth-order valence-electron chi connectivity index (χ4n) is 4.29. The number of cyclic esters (lactones) is 1. The number of carbonyl (C=O) groups excluding carboxylic acids is 2. The van der Waals surface area contributed by atoms with E-state index in [4.69, 9.17) is 15.2 Å². The fraction of sp³-hybridized carbons (Fsp3) is 0.600. The molecule has 0 bridgehead atoms. The number of hydrogen-bond acceptors (Lipinski definition) is 6. The SMILES string of the molecule is CC(C)(C)OC(=O)C1[C@H]2CN(c3c(F)cc(N4C[C@H](CN)OC4=O)cc3F)C[C@@H]12. The van der Waals surface area contributed by atoms with Crippen LogP contribution in [0.3, 0.4) is 0 Å². The summed E-state index contributed by atoms with van der Waals surface area (Å²) in [6, 6.07) is 2.27. The summed E-state index contributed by atoms with van der Waals surface area (Å²) in [6.45, 7) is 6.51. The minimum absolute atomic E-state index is 0.0437. The van der Waals surface area contributed by atoms with Crippen LogP contribution in [-0.2, 0) is 14.3 Å². The largest absolute Gasteiger partial charge is 0.460 e. The Balaban J connectivity index is 1.45. The number of piperidine rings is 1. The van der Waals surface area contributed by atoms with Crippen molar-refractivity contribution in [3.63, 3.8) is 0 Å². The van der Waals surface area contributed by atoms with Crippen molar-refractivity contribution in [1.82, 2.24) is 0 Å². The molecule has 2 heterocycles. The molecule has 4 rings (SSSR count). The van der Waals surface area contributed by atoms with Crippen LogP contribution in [0.25, 0.3) is 0 Å². The number of carbonyl (C=O) groups is 2. The lowest BCUT2D eigenvalue weighted by Gasteiger charge is -2.25. The summed E-state index contributed by atoms with van der Waals surface area (Å²) in [5.41, 5.74) is 4.91. The summed E-state index contributed by atoms with van der Waals surface area (Å²) in [4.78, 5) is 26.9. The van der Waals surface area contributed by atoms with Gasteiger partial charge >= 0.3 is 12.1 Å². The Morgan fingerprint density at radius 1 is 1.21 bits per heavy atom. The van der Waals surface area contributed by atoms with Crippen LogP contribution in [0, 0.1) is 29.4 Å². The number of anilines is 2. The first-order valence-corrected chi connectivity index (χ1v) is 9.74. The molecule has 0 aromatic heterocycles. The normalized spacial score (nSPS) is 28.4. The fourth-order valence-corrected chi connectivity index (χ4v) is 4.29. The van der Waals surface area contributed by atoms with Gasteiger partial charge in [-0.15, -0.1) is 0 Å². The molecule has 4 atom stereocenters. The average molecular weight is 409 g/mol. The molecule has 1 aromatic rings. The third-order valence-corrected chi connectivity index (χ3v) is 5.64. The van der Waals surface area contributed by atoms with Crippen LogP contribution >= 0.6 is 0 Å². The second-order valence-electron chi connectivity index (χ2n) is 8.90. The Kier molecular flexibility index (Phi) is 4.68. The topological polar surface area (TPSA) is 85.1 Å². The molecule has 1 unspecified atom stereocenters. The number of esters is 1. The molecule has 0 spiro atoms. The zero-order valence-electron chi connectivity index (χ0n) is 16.7. The number of rotatable bonds is 4. The molecule has 158 valence electrons. The summed E-state index contributed by atoms with van der Waals surface area (Å²) in [5.74, 6) is -1.86. The van der Waals surface area contributed by atoms with E-state index in [1.165, 1.54) is 4.90 Å². The van der Waals surface area contributed by atoms with Gasteiger partial charge in [0.2, 0.25) is 0 Å². The lowest BCUT2D eigenvalue weighted by atomic mass is 10.1. The van der Waals surface area contributed by atoms with Crippen molar-refractivity contribution in [3.05, 3.63) is 23.8 Å². The lowest BCUT2D eigenvalue weighted by molar-refractivity contribution is -0.157. The highest BCUT2D eigenvalue weighted by atomic mass is 19.1. The summed E-state index contributed by atoms with van der Waals surface area (Å²) in [6.07, 6.45) is -1.17. The van der Waals surface area contributed by atoms with Gasteiger partial charge in [-0.2, -0.15) is 0 Å². The van der Waals surface area contributed by atoms with Crippen molar-refractivity contribution in [2.45, 2.75) is 32.5 Å². The summed E-state index contributed by atoms with van der Waals surface area (Å²) in [7, 11) is 0. The van der Waals surface area contributed by atoms with Gasteiger partial charge < -0.3 is 20.1 Å². The van der Waals surface area contributed by atoms with E-state index in [0.29, 0.717) is 13.1 Å². The Hall–Kier alpha value is -2.42. The first kappa shape index (κ1) is 19.9. The van der Waals surface area contributed by atoms with Crippen molar-refractivity contribution >= 4 is 23.4 Å². The molecule has 2 N–H and O–H groups in total. The predicted octanol–water partition coefficient (Wildman–Crippen LogP) is 2.27. The van der Waals surface area contributed by atoms with E-state index in [0.717, 1.165) is 12.1 Å². The highest BCUT2D eigenvalue weighted by Gasteiger charge is 2.61. The van der Waals surface area contributed by atoms with Crippen LogP contribution in [0.15, 0.2) is 12.1 Å². The van der Waals surface area contributed by atoms with Crippen molar-refractivity contribution < 1.29 is 27.8 Å². The lowest BCUT2D eigenvalue weighted by Crippen LogP contribution is -2.31. The van der Waals surface area contributed by atoms with E-state index < -0.39 is 29.4 Å². The van der Waals surface area contributed by atoms with Gasteiger partial charge in [0.15, 0.2) is 11.6 Å². The monoisotopic (exact) mass is 409 g/mol. The van der Waals surface area contributed by atoms with Crippen LogP contribution in [0.4, 0.5) is 25.0 Å². The van der Waals surface area contributed by atoms with Crippen molar-refractivity contribution in [2.75, 3.05) is 36.0 Å². The zero-order valence-corrected chi connectivity index (χ0v) is 16.7. The van der Waals surface area contributed by atoms with Crippen LogP contribution < -0.4 is 15.5 Å². The predicted molar refractivity (Wildman–Crippen MR) is 102 cm³/mol. The summed E-state index contributed by atoms with van der Waals surface area (Å²) >= 11 is 0. The number of fused-ring (bicyclic) bond motifs is 1. The highest BCUT2D eigenvalue weighted by Crippen LogP contribution is 2.54. The number of nitrogens with two attached hydrogens (primary N) is 1. The summed E-state index contributed by atoms with van der Waals surface area (Å²) < 4.78 is 40.0. The molecular formula is C20H25F2N3O4. The molecule has 2 aliphatic heterocycles. The zero-order chi connectivity index (χ0) is 21.1. The van der Waals surface area contributed by atoms with Gasteiger partial charge in [-0.3, -0.25) is 9.69 Å². The number of hydrogen-bond donors (Lipinski definition) is 1. The van der Waals surface area contributed by atoms with Crippen molar-refractivity contribution in [2.24, 2.45) is 23.5 Å². The Labute approximate surface area is 167 Å². The molecule has 9 heteroatoms. The molecule has 3 fully saturated rings. The Morgan fingerprint density at radius 3 is 2.28 bits per heavy atom. The average Bonchev–Trinajstić information content (AvgIpc) is 2.94. The second-order valence-corrected chi connectivity index (χ2v) is 8.90. The molecule has 29 heavy (non-hydrogen) atoms. The quantitative estimate of drug-likeness (QED) is 0.768. The van der Waals surface area contributed by atoms with Gasteiger partial charge in [-0.05, 0) is 32.6 Å². The highest BCUT2D eigenvalue weighted by molar-refractivity contribution is 5.90. The van der Waals surface area contributed by atoms with Crippen LogP contribution in [0.2, 0.25) is 0 Å². The molecule has 1 aromatic carbocycles. The molecule has 1 saturated carbocycles. The molecule has 3 aliphatic rings. The van der Waals surface area contributed by atoms with E-state index in [1.54, 1.807) is 4.90 Å². The maximum Gasteiger partial charge on any atom is 0.414 e. The molecule has 1 aliphatic carbocycles. The second kappa shape index (κ2) is 6.83. The van der Waals surface area contributed by atoms with Gasteiger partial charge in [0.1, 0.15) is 17.4 Å². The van der Waals surface area contributed by atoms with Gasteiger partial charge in [0, 0.05) is 31.8 Å². The number of halogens is 2. The third kappa shape index (κ3) is 3.63. The molecular weight excluding hydrogens is 384 g/mol. The first-order chi connectivity index (χ1) is 13.6. The van der Waals surface area contributed by atoms with Gasteiger partial charge in [-0.1, -0.05) is 0 Å². The maximum absolute atomic E-state index is 14.8. The number of amides is 1. The molecule has 0 radical (unpaired) electrons. The third-order valence-electron chi connectivity index (χ3n) is 5.64. The minimum atomic E-state index is -0.751. The van der Waals surface area contributed by atoms with E-state index in [-0.39, 0.29) is 48.2 Å². The number of benzene rings is 1. The van der Waals surface area contributed by atoms with E-state index in [2.05, 4.69) is 0 Å². The molecule has 1 amide bonds. The van der Waals surface area contributed by atoms with Gasteiger partial charge in [0.25, 0.3) is 0 Å². The van der Waals surface area contributed by atoms with Crippen LogP contribution in [-0.4, -0.2) is 49.9 Å². The van der Waals surface area contributed by atoms with Crippen LogP contribution in [0.1, 0.15) is 20.8 Å². The smallest absolute Gasteiger partial charge is 0.414 e. The van der Waals surface area contributed by atoms with E-state index in [1.807, 2.05) is 20.8 Å².